The Bertz CT molecular complexity index is 1090. The van der Waals surface area contributed by atoms with E-state index < -0.39 is 9.84 Å². The molecule has 4 rings (SSSR count). The summed E-state index contributed by atoms with van der Waals surface area (Å²) in [6.07, 6.45) is 3.13. The van der Waals surface area contributed by atoms with Crippen LogP contribution in [0.25, 0.3) is 11.5 Å². The summed E-state index contributed by atoms with van der Waals surface area (Å²) in [6, 6.07) is 13.8. The largest absolute Gasteiger partial charge is 0.419 e. The number of sulfone groups is 1. The normalized spacial score (nSPS) is 15.0. The van der Waals surface area contributed by atoms with Crippen molar-refractivity contribution in [3.05, 3.63) is 57.1 Å². The summed E-state index contributed by atoms with van der Waals surface area (Å²) in [4.78, 5) is 6.59. The quantitative estimate of drug-likeness (QED) is 0.423. The van der Waals surface area contributed by atoms with Gasteiger partial charge in [-0.15, -0.1) is 0 Å². The zero-order chi connectivity index (χ0) is 19.7. The number of nitrogens with zero attached hydrogens (tertiary/aromatic N) is 2. The zero-order valence-corrected chi connectivity index (χ0v) is 18.7. The summed E-state index contributed by atoms with van der Waals surface area (Å²) in [7, 11) is -3.84. The lowest BCUT2D eigenvalue weighted by molar-refractivity contribution is 0.499. The molecule has 5 nitrogen and oxygen atoms in total. The van der Waals surface area contributed by atoms with Gasteiger partial charge in [-0.05, 0) is 78.3 Å². The summed E-state index contributed by atoms with van der Waals surface area (Å²) in [6.45, 7) is 1.51. The molecule has 0 bridgehead atoms. The molecule has 2 heterocycles. The van der Waals surface area contributed by atoms with Gasteiger partial charge in [0.15, 0.2) is 0 Å². The van der Waals surface area contributed by atoms with Crippen molar-refractivity contribution < 1.29 is 12.8 Å². The van der Waals surface area contributed by atoms with Crippen molar-refractivity contribution in [1.29, 1.82) is 0 Å². The van der Waals surface area contributed by atoms with E-state index >= 15 is 0 Å². The Hall–Kier alpha value is -1.58. The second-order valence-electron chi connectivity index (χ2n) is 6.61. The molecule has 1 aliphatic heterocycles. The van der Waals surface area contributed by atoms with Crippen molar-refractivity contribution in [3.63, 3.8) is 0 Å². The van der Waals surface area contributed by atoms with Gasteiger partial charge in [-0.1, -0.05) is 23.7 Å². The van der Waals surface area contributed by atoms with Gasteiger partial charge in [-0.3, -0.25) is 0 Å². The highest BCUT2D eigenvalue weighted by Crippen LogP contribution is 2.37. The fraction of sp³-hybridized carbons (Fsp3) is 0.250. The molecule has 1 aliphatic rings. The molecule has 0 saturated carbocycles. The van der Waals surface area contributed by atoms with Crippen molar-refractivity contribution in [2.24, 2.45) is 0 Å². The number of hydrogen-bond acceptors (Lipinski definition) is 5. The number of piperidine rings is 1. The molecular formula is C20H18ClIN2O3S. The van der Waals surface area contributed by atoms with E-state index in [0.717, 1.165) is 41.5 Å². The maximum absolute atomic E-state index is 13.3. The van der Waals surface area contributed by atoms with Crippen LogP contribution in [0.3, 0.4) is 0 Å². The molecule has 3 aromatic rings. The van der Waals surface area contributed by atoms with Crippen molar-refractivity contribution in [2.75, 3.05) is 18.0 Å². The van der Waals surface area contributed by atoms with Crippen molar-refractivity contribution >= 4 is 49.9 Å². The lowest BCUT2D eigenvalue weighted by atomic mass is 10.1. The highest BCUT2D eigenvalue weighted by molar-refractivity contribution is 14.1. The number of benzene rings is 2. The first-order chi connectivity index (χ1) is 13.5. The summed E-state index contributed by atoms with van der Waals surface area (Å²) < 4.78 is 33.7. The molecule has 0 aliphatic carbocycles. The number of rotatable bonds is 4. The Balaban J connectivity index is 1.87. The molecular weight excluding hydrogens is 511 g/mol. The average molecular weight is 529 g/mol. The first-order valence-electron chi connectivity index (χ1n) is 8.98. The highest BCUT2D eigenvalue weighted by atomic mass is 127. The molecule has 0 spiro atoms. The third-order valence-electron chi connectivity index (χ3n) is 4.71. The Morgan fingerprint density at radius 2 is 1.68 bits per heavy atom. The molecule has 1 saturated heterocycles. The van der Waals surface area contributed by atoms with E-state index in [-0.39, 0.29) is 9.92 Å². The van der Waals surface area contributed by atoms with Gasteiger partial charge in [-0.2, -0.15) is 4.98 Å². The number of hydrogen-bond donors (Lipinski definition) is 0. The van der Waals surface area contributed by atoms with Gasteiger partial charge in [0.1, 0.15) is 0 Å². The van der Waals surface area contributed by atoms with Crippen molar-refractivity contribution in [3.8, 4) is 11.5 Å². The van der Waals surface area contributed by atoms with E-state index in [1.54, 1.807) is 12.1 Å². The van der Waals surface area contributed by atoms with Crippen molar-refractivity contribution in [1.82, 2.24) is 4.98 Å². The molecule has 1 fully saturated rings. The Labute approximate surface area is 182 Å². The number of anilines is 1. The Kier molecular flexibility index (Phi) is 5.66. The Morgan fingerprint density at radius 3 is 2.36 bits per heavy atom. The first-order valence-corrected chi connectivity index (χ1v) is 11.9. The molecule has 0 amide bonds. The maximum Gasteiger partial charge on any atom is 0.236 e. The molecule has 0 N–H and O–H groups in total. The standard InChI is InChI=1S/C20H18ClIN2O3S/c21-14-8-10-15(11-9-14)28(25,26)19-20(24-12-4-1-5-13-24)27-18(23-19)16-6-2-3-7-17(16)22/h2-3,6-11H,1,4-5,12-13H2. The maximum atomic E-state index is 13.3. The smallest absolute Gasteiger partial charge is 0.236 e. The second kappa shape index (κ2) is 8.04. The fourth-order valence-corrected chi connectivity index (χ4v) is 5.31. The fourth-order valence-electron chi connectivity index (χ4n) is 3.25. The van der Waals surface area contributed by atoms with E-state index in [1.807, 2.05) is 29.2 Å². The van der Waals surface area contributed by atoms with Gasteiger partial charge >= 0.3 is 0 Å². The van der Waals surface area contributed by atoms with Crippen LogP contribution in [0.15, 0.2) is 62.9 Å². The van der Waals surface area contributed by atoms with E-state index in [1.165, 1.54) is 12.1 Å². The Morgan fingerprint density at radius 1 is 1.00 bits per heavy atom. The molecule has 1 aromatic heterocycles. The number of halogens is 2. The van der Waals surface area contributed by atoms with Gasteiger partial charge in [0, 0.05) is 21.7 Å². The summed E-state index contributed by atoms with van der Waals surface area (Å²) >= 11 is 8.12. The second-order valence-corrected chi connectivity index (χ2v) is 10.1. The van der Waals surface area contributed by atoms with Crippen LogP contribution in [0.1, 0.15) is 19.3 Å². The number of oxazole rings is 1. The third-order valence-corrected chi connectivity index (χ3v) is 7.57. The monoisotopic (exact) mass is 528 g/mol. The van der Waals surface area contributed by atoms with Gasteiger partial charge in [0.25, 0.3) is 0 Å². The molecule has 28 heavy (non-hydrogen) atoms. The molecule has 0 radical (unpaired) electrons. The van der Waals surface area contributed by atoms with Crippen LogP contribution in [0.2, 0.25) is 5.02 Å². The van der Waals surface area contributed by atoms with Crippen molar-refractivity contribution in [2.45, 2.75) is 29.2 Å². The van der Waals surface area contributed by atoms with E-state index in [0.29, 0.717) is 16.8 Å². The topological polar surface area (TPSA) is 63.4 Å². The van der Waals surface area contributed by atoms with Gasteiger partial charge in [0.2, 0.25) is 26.6 Å². The van der Waals surface area contributed by atoms with Gasteiger partial charge in [0.05, 0.1) is 10.5 Å². The molecule has 8 heteroatoms. The molecule has 0 atom stereocenters. The van der Waals surface area contributed by atoms with Gasteiger partial charge < -0.3 is 9.32 Å². The van der Waals surface area contributed by atoms with Gasteiger partial charge in [-0.25, -0.2) is 8.42 Å². The van der Waals surface area contributed by atoms with Crippen LogP contribution in [0, 0.1) is 3.57 Å². The van der Waals surface area contributed by atoms with E-state index in [4.69, 9.17) is 16.0 Å². The van der Waals surface area contributed by atoms with Crippen LogP contribution >= 0.6 is 34.2 Å². The van der Waals surface area contributed by atoms with Crippen LogP contribution in [-0.4, -0.2) is 26.5 Å². The van der Waals surface area contributed by atoms with Crippen LogP contribution < -0.4 is 4.90 Å². The summed E-state index contributed by atoms with van der Waals surface area (Å²) in [5, 5.41) is 0.446. The van der Waals surface area contributed by atoms with E-state index in [9.17, 15) is 8.42 Å². The lowest BCUT2D eigenvalue weighted by Gasteiger charge is -2.26. The van der Waals surface area contributed by atoms with Crippen LogP contribution in [-0.2, 0) is 9.84 Å². The predicted octanol–water partition coefficient (Wildman–Crippen LogP) is 5.42. The molecule has 146 valence electrons. The lowest BCUT2D eigenvalue weighted by Crippen LogP contribution is -2.30. The minimum Gasteiger partial charge on any atom is -0.419 e. The minimum absolute atomic E-state index is 0.0358. The summed E-state index contributed by atoms with van der Waals surface area (Å²) in [5.74, 6) is 0.641. The zero-order valence-electron chi connectivity index (χ0n) is 14.9. The van der Waals surface area contributed by atoms with Crippen LogP contribution in [0.5, 0.6) is 0 Å². The van der Waals surface area contributed by atoms with Crippen LogP contribution in [0.4, 0.5) is 5.88 Å². The number of aromatic nitrogens is 1. The van der Waals surface area contributed by atoms with E-state index in [2.05, 4.69) is 27.6 Å². The summed E-state index contributed by atoms with van der Waals surface area (Å²) in [5.41, 5.74) is 0.777. The SMILES string of the molecule is O=S(=O)(c1ccc(Cl)cc1)c1nc(-c2ccccc2I)oc1N1CCCCC1. The third kappa shape index (κ3) is 3.79. The minimum atomic E-state index is -3.84. The molecule has 2 aromatic carbocycles. The average Bonchev–Trinajstić information content (AvgIpc) is 3.15. The predicted molar refractivity (Wildman–Crippen MR) is 118 cm³/mol. The molecule has 0 unspecified atom stereocenters. The first kappa shape index (κ1) is 19.7. The highest BCUT2D eigenvalue weighted by Gasteiger charge is 2.32.